The maximum atomic E-state index is 11.3. The minimum Gasteiger partial charge on any atom is -0.248 e. The first-order chi connectivity index (χ1) is 7.09. The molecule has 15 heavy (non-hydrogen) atoms. The molecule has 1 N–H and O–H groups in total. The number of nitrogens with zero attached hydrogens (tertiary/aromatic N) is 2. The minimum absolute atomic E-state index is 0.330. The lowest BCUT2D eigenvalue weighted by atomic mass is 10.3. The summed E-state index contributed by atoms with van der Waals surface area (Å²) in [6.07, 6.45) is 2.24. The number of thiazole rings is 1. The molecule has 0 aliphatic heterocycles. The molecule has 0 bridgehead atoms. The fourth-order valence-corrected chi connectivity index (χ4v) is 2.87. The van der Waals surface area contributed by atoms with E-state index in [4.69, 9.17) is 5.26 Å². The van der Waals surface area contributed by atoms with Crippen molar-refractivity contribution in [3.8, 4) is 6.07 Å². The van der Waals surface area contributed by atoms with Crippen molar-refractivity contribution >= 4 is 21.4 Å². The molecule has 0 aliphatic rings. The second kappa shape index (κ2) is 5.21. The Labute approximate surface area is 92.8 Å². The Bertz CT molecular complexity index is 433. The van der Waals surface area contributed by atoms with Crippen LogP contribution in [0.3, 0.4) is 0 Å². The van der Waals surface area contributed by atoms with Crippen LogP contribution in [0.25, 0.3) is 0 Å². The van der Waals surface area contributed by atoms with Gasteiger partial charge in [0.05, 0.1) is 12.1 Å². The number of sulfonamides is 1. The lowest BCUT2D eigenvalue weighted by Gasteiger charge is -2.12. The number of aromatic nitrogens is 1. The third-order valence-corrected chi connectivity index (χ3v) is 3.78. The van der Waals surface area contributed by atoms with Gasteiger partial charge < -0.3 is 0 Å². The van der Waals surface area contributed by atoms with E-state index >= 15 is 0 Å². The summed E-state index contributed by atoms with van der Waals surface area (Å²) in [5, 5.41) is 10.8. The second-order valence-electron chi connectivity index (χ2n) is 2.87. The van der Waals surface area contributed by atoms with Gasteiger partial charge in [-0.05, 0) is 6.42 Å². The average molecular weight is 245 g/mol. The minimum atomic E-state index is -3.51. The van der Waals surface area contributed by atoms with E-state index in [1.54, 1.807) is 17.6 Å². The molecule has 1 aromatic heterocycles. The molecule has 1 rings (SSSR count). The number of hydrogen-bond donors (Lipinski definition) is 1. The van der Waals surface area contributed by atoms with E-state index in [2.05, 4.69) is 9.71 Å². The van der Waals surface area contributed by atoms with E-state index in [-0.39, 0.29) is 6.04 Å². The van der Waals surface area contributed by atoms with E-state index in [9.17, 15) is 8.42 Å². The zero-order valence-electron chi connectivity index (χ0n) is 8.17. The van der Waals surface area contributed by atoms with E-state index in [1.807, 2.05) is 6.92 Å². The lowest BCUT2D eigenvalue weighted by Crippen LogP contribution is -2.29. The Balaban J connectivity index is 2.76. The Hall–Kier alpha value is -0.970. The van der Waals surface area contributed by atoms with Gasteiger partial charge in [0, 0.05) is 11.6 Å². The molecule has 1 aromatic rings. The average Bonchev–Trinajstić information content (AvgIpc) is 2.67. The lowest BCUT2D eigenvalue weighted by molar-refractivity contribution is 0.552. The van der Waals surface area contributed by atoms with Crippen molar-refractivity contribution in [2.75, 3.05) is 5.75 Å². The standard InChI is InChI=1S/C8H11N3O2S2/c1-2-7(8-10-4-5-14-8)11-15(12,13)6-3-9/h4-5,7,11H,2,6H2,1H3. The summed E-state index contributed by atoms with van der Waals surface area (Å²) >= 11 is 1.39. The summed E-state index contributed by atoms with van der Waals surface area (Å²) in [5.41, 5.74) is 0. The highest BCUT2D eigenvalue weighted by Gasteiger charge is 2.19. The topological polar surface area (TPSA) is 82.9 Å². The Morgan fingerprint density at radius 3 is 2.93 bits per heavy atom. The Morgan fingerprint density at radius 1 is 1.73 bits per heavy atom. The van der Waals surface area contributed by atoms with Crippen LogP contribution in [-0.2, 0) is 10.0 Å². The van der Waals surface area contributed by atoms with Crippen molar-refractivity contribution in [2.45, 2.75) is 19.4 Å². The molecular weight excluding hydrogens is 234 g/mol. The highest BCUT2D eigenvalue weighted by Crippen LogP contribution is 2.19. The second-order valence-corrected chi connectivity index (χ2v) is 5.55. The Morgan fingerprint density at radius 2 is 2.47 bits per heavy atom. The fourth-order valence-electron chi connectivity index (χ4n) is 1.06. The zero-order chi connectivity index (χ0) is 11.3. The molecule has 0 amide bonds. The van der Waals surface area contributed by atoms with E-state index in [0.717, 1.165) is 5.01 Å². The molecule has 0 radical (unpaired) electrons. The van der Waals surface area contributed by atoms with Crippen LogP contribution in [0.1, 0.15) is 24.4 Å². The summed E-state index contributed by atoms with van der Waals surface area (Å²) in [6, 6.07) is 1.29. The van der Waals surface area contributed by atoms with Gasteiger partial charge >= 0.3 is 0 Å². The predicted octanol–water partition coefficient (Wildman–Crippen LogP) is 1.04. The molecule has 0 fully saturated rings. The third-order valence-electron chi connectivity index (χ3n) is 1.73. The van der Waals surface area contributed by atoms with Gasteiger partial charge in [-0.1, -0.05) is 6.92 Å². The van der Waals surface area contributed by atoms with E-state index in [1.165, 1.54) is 11.3 Å². The van der Waals surface area contributed by atoms with Gasteiger partial charge in [0.2, 0.25) is 10.0 Å². The summed E-state index contributed by atoms with van der Waals surface area (Å²) in [7, 11) is -3.51. The Kier molecular flexibility index (Phi) is 4.20. The van der Waals surface area contributed by atoms with E-state index < -0.39 is 15.8 Å². The van der Waals surface area contributed by atoms with Crippen LogP contribution in [-0.4, -0.2) is 19.2 Å². The number of nitrogens with one attached hydrogen (secondary N) is 1. The maximum Gasteiger partial charge on any atom is 0.225 e. The molecule has 0 spiro atoms. The fraction of sp³-hybridized carbons (Fsp3) is 0.500. The van der Waals surface area contributed by atoms with Gasteiger partial charge in [0.25, 0.3) is 0 Å². The molecule has 7 heteroatoms. The first-order valence-corrected chi connectivity index (χ1v) is 6.88. The highest BCUT2D eigenvalue weighted by molar-refractivity contribution is 7.89. The van der Waals surface area contributed by atoms with Gasteiger partial charge in [0.15, 0.2) is 5.75 Å². The summed E-state index contributed by atoms with van der Waals surface area (Å²) in [4.78, 5) is 4.04. The molecule has 82 valence electrons. The molecular formula is C8H11N3O2S2. The quantitative estimate of drug-likeness (QED) is 0.840. The van der Waals surface area contributed by atoms with Crippen molar-refractivity contribution in [1.82, 2.24) is 9.71 Å². The number of hydrogen-bond acceptors (Lipinski definition) is 5. The van der Waals surface area contributed by atoms with Gasteiger partial charge in [-0.3, -0.25) is 0 Å². The molecule has 1 unspecified atom stereocenters. The van der Waals surface area contributed by atoms with Crippen LogP contribution in [0.5, 0.6) is 0 Å². The third kappa shape index (κ3) is 3.58. The van der Waals surface area contributed by atoms with Crippen molar-refractivity contribution in [3.63, 3.8) is 0 Å². The first-order valence-electron chi connectivity index (χ1n) is 4.35. The van der Waals surface area contributed by atoms with Gasteiger partial charge in [0.1, 0.15) is 5.01 Å². The van der Waals surface area contributed by atoms with Crippen molar-refractivity contribution in [2.24, 2.45) is 0 Å². The molecule has 0 aromatic carbocycles. The van der Waals surface area contributed by atoms with Crippen molar-refractivity contribution in [3.05, 3.63) is 16.6 Å². The first kappa shape index (κ1) is 12.1. The zero-order valence-corrected chi connectivity index (χ0v) is 9.81. The molecule has 1 atom stereocenters. The van der Waals surface area contributed by atoms with Gasteiger partial charge in [-0.2, -0.15) is 5.26 Å². The molecule has 0 saturated carbocycles. The largest absolute Gasteiger partial charge is 0.248 e. The number of rotatable bonds is 5. The van der Waals surface area contributed by atoms with Gasteiger partial charge in [-0.25, -0.2) is 18.1 Å². The summed E-state index contributed by atoms with van der Waals surface area (Å²) < 4.78 is 25.1. The smallest absolute Gasteiger partial charge is 0.225 e. The summed E-state index contributed by atoms with van der Waals surface area (Å²) in [5.74, 6) is -0.519. The molecule has 0 aliphatic carbocycles. The normalized spacial score (nSPS) is 13.3. The maximum absolute atomic E-state index is 11.3. The van der Waals surface area contributed by atoms with Crippen molar-refractivity contribution < 1.29 is 8.42 Å². The van der Waals surface area contributed by atoms with Crippen molar-refractivity contribution in [1.29, 1.82) is 5.26 Å². The SMILES string of the molecule is CCC(NS(=O)(=O)CC#N)c1nccs1. The van der Waals surface area contributed by atoms with E-state index in [0.29, 0.717) is 6.42 Å². The predicted molar refractivity (Wildman–Crippen MR) is 57.7 cm³/mol. The summed E-state index contributed by atoms with van der Waals surface area (Å²) in [6.45, 7) is 1.86. The molecule has 0 saturated heterocycles. The van der Waals surface area contributed by atoms with Crippen LogP contribution >= 0.6 is 11.3 Å². The monoisotopic (exact) mass is 245 g/mol. The van der Waals surface area contributed by atoms with Crippen LogP contribution in [0, 0.1) is 11.3 Å². The van der Waals surface area contributed by atoms with Crippen LogP contribution < -0.4 is 4.72 Å². The van der Waals surface area contributed by atoms with Gasteiger partial charge in [-0.15, -0.1) is 11.3 Å². The molecule has 5 nitrogen and oxygen atoms in total. The van der Waals surface area contributed by atoms with Crippen LogP contribution in [0.2, 0.25) is 0 Å². The van der Waals surface area contributed by atoms with Crippen LogP contribution in [0.4, 0.5) is 0 Å². The molecule has 1 heterocycles. The highest BCUT2D eigenvalue weighted by atomic mass is 32.2. The number of nitriles is 1. The van der Waals surface area contributed by atoms with Crippen LogP contribution in [0.15, 0.2) is 11.6 Å².